The van der Waals surface area contributed by atoms with Gasteiger partial charge in [0.2, 0.25) is 0 Å². The van der Waals surface area contributed by atoms with Gasteiger partial charge in [-0.25, -0.2) is 8.42 Å². The molecule has 1 aromatic heterocycles. The molecule has 1 unspecified atom stereocenters. The van der Waals surface area contributed by atoms with Crippen molar-refractivity contribution in [2.24, 2.45) is 0 Å². The highest BCUT2D eigenvalue weighted by Gasteiger charge is 2.47. The second-order valence-corrected chi connectivity index (χ2v) is 9.94. The summed E-state index contributed by atoms with van der Waals surface area (Å²) in [6.45, 7) is 7.59. The largest absolute Gasteiger partial charge is 0.741 e. The van der Waals surface area contributed by atoms with E-state index in [4.69, 9.17) is 13.0 Å². The van der Waals surface area contributed by atoms with E-state index >= 15 is 0 Å². The Morgan fingerprint density at radius 2 is 1.42 bits per heavy atom. The number of aryl methyl sites for hydroxylation is 1. The first-order chi connectivity index (χ1) is 11.4. The summed E-state index contributed by atoms with van der Waals surface area (Å²) in [5, 5.41) is 0.709. The standard InChI is InChI=1S/C14H16F3S.CHF3O3S/c1-9-7-10-5-6-11(13(2,3)4)8-12(10)18(9)14(15,16)17;2-1(3,4)8(5,6)7/h5-8H,1-4H3;(H,5,6,7)/q+1;/p-1. The molecular formula is C15H16F6O3S2. The van der Waals surface area contributed by atoms with Crippen molar-refractivity contribution >= 4 is 30.7 Å². The number of fused-ring (bicyclic) bond motifs is 1. The molecule has 1 aromatic carbocycles. The van der Waals surface area contributed by atoms with Crippen LogP contribution in [0.25, 0.3) is 10.1 Å². The highest BCUT2D eigenvalue weighted by molar-refractivity contribution is 7.86. The van der Waals surface area contributed by atoms with E-state index in [9.17, 15) is 26.3 Å². The Hall–Kier alpha value is -1.33. The fourth-order valence-corrected chi connectivity index (χ4v) is 3.87. The van der Waals surface area contributed by atoms with Gasteiger partial charge in [-0.05, 0) is 17.0 Å². The summed E-state index contributed by atoms with van der Waals surface area (Å²) in [4.78, 5) is 0.406. The predicted octanol–water partition coefficient (Wildman–Crippen LogP) is 5.72. The van der Waals surface area contributed by atoms with Crippen molar-refractivity contribution in [1.82, 2.24) is 0 Å². The zero-order chi connectivity index (χ0) is 20.7. The Morgan fingerprint density at radius 3 is 1.77 bits per heavy atom. The van der Waals surface area contributed by atoms with Gasteiger partial charge in [-0.2, -0.15) is 13.2 Å². The molecule has 148 valence electrons. The Balaban J connectivity index is 0.000000359. The first kappa shape index (κ1) is 22.7. The minimum absolute atomic E-state index is 0.133. The molecule has 26 heavy (non-hydrogen) atoms. The van der Waals surface area contributed by atoms with Crippen LogP contribution >= 0.6 is 10.5 Å². The van der Waals surface area contributed by atoms with Gasteiger partial charge in [0.15, 0.2) is 19.7 Å². The third-order valence-electron chi connectivity index (χ3n) is 3.30. The Bertz CT molecular complexity index is 887. The van der Waals surface area contributed by atoms with Gasteiger partial charge in [0.05, 0.1) is 10.5 Å². The van der Waals surface area contributed by atoms with Crippen LogP contribution in [0.1, 0.15) is 31.2 Å². The van der Waals surface area contributed by atoms with Crippen molar-refractivity contribution in [2.45, 2.75) is 44.1 Å². The summed E-state index contributed by atoms with van der Waals surface area (Å²) < 4.78 is 98.6. The number of alkyl halides is 6. The van der Waals surface area contributed by atoms with Crippen LogP contribution in [0.2, 0.25) is 0 Å². The number of rotatable bonds is 0. The van der Waals surface area contributed by atoms with Crippen LogP contribution in [0.4, 0.5) is 26.3 Å². The molecular weight excluding hydrogens is 406 g/mol. The van der Waals surface area contributed by atoms with Gasteiger partial charge >= 0.3 is 11.0 Å². The molecule has 0 amide bonds. The van der Waals surface area contributed by atoms with Crippen LogP contribution in [-0.4, -0.2) is 18.5 Å². The van der Waals surface area contributed by atoms with E-state index in [1.165, 1.54) is 0 Å². The lowest BCUT2D eigenvalue weighted by molar-refractivity contribution is -0.0867. The number of halogens is 6. The molecule has 0 radical (unpaired) electrons. The minimum Gasteiger partial charge on any atom is -0.741 e. The van der Waals surface area contributed by atoms with Gasteiger partial charge in [0.25, 0.3) is 0 Å². The topological polar surface area (TPSA) is 57.2 Å². The van der Waals surface area contributed by atoms with E-state index in [2.05, 4.69) is 0 Å². The van der Waals surface area contributed by atoms with Crippen LogP contribution in [0.3, 0.4) is 0 Å². The highest BCUT2D eigenvalue weighted by atomic mass is 32.2. The third-order valence-corrected chi connectivity index (χ3v) is 5.88. The predicted molar refractivity (Wildman–Crippen MR) is 86.9 cm³/mol. The summed E-state index contributed by atoms with van der Waals surface area (Å²) in [6.07, 6.45) is 0. The molecule has 0 aliphatic heterocycles. The van der Waals surface area contributed by atoms with Crippen molar-refractivity contribution in [2.75, 3.05) is 0 Å². The van der Waals surface area contributed by atoms with Crippen LogP contribution in [0, 0.1) is 6.92 Å². The van der Waals surface area contributed by atoms with Crippen LogP contribution < -0.4 is 0 Å². The van der Waals surface area contributed by atoms with E-state index < -0.39 is 31.6 Å². The zero-order valence-corrected chi connectivity index (χ0v) is 15.8. The molecule has 0 aliphatic carbocycles. The summed E-state index contributed by atoms with van der Waals surface area (Å²) in [7, 11) is -7.84. The molecule has 1 heterocycles. The molecule has 2 rings (SSSR count). The van der Waals surface area contributed by atoms with Crippen LogP contribution in [0.5, 0.6) is 0 Å². The molecule has 1 atom stereocenters. The molecule has 0 fully saturated rings. The molecule has 3 nitrogen and oxygen atoms in total. The summed E-state index contributed by atoms with van der Waals surface area (Å²) in [6, 6.07) is 7.10. The zero-order valence-electron chi connectivity index (χ0n) is 14.1. The normalized spacial score (nSPS) is 14.2. The number of hydrogen-bond donors (Lipinski definition) is 0. The first-order valence-electron chi connectivity index (χ1n) is 7.02. The van der Waals surface area contributed by atoms with E-state index in [0.29, 0.717) is 15.0 Å². The molecule has 0 saturated carbocycles. The smallest absolute Gasteiger partial charge is 0.600 e. The Kier molecular flexibility index (Phi) is 6.12. The molecule has 2 aromatic rings. The van der Waals surface area contributed by atoms with Gasteiger partial charge in [0, 0.05) is 24.4 Å². The fourth-order valence-electron chi connectivity index (χ4n) is 2.06. The van der Waals surface area contributed by atoms with E-state index in [1.807, 2.05) is 26.8 Å². The second kappa shape index (κ2) is 7.01. The second-order valence-electron chi connectivity index (χ2n) is 6.41. The lowest BCUT2D eigenvalue weighted by Gasteiger charge is -2.18. The van der Waals surface area contributed by atoms with Gasteiger partial charge in [-0.3, -0.25) is 0 Å². The van der Waals surface area contributed by atoms with E-state index in [-0.39, 0.29) is 5.41 Å². The van der Waals surface area contributed by atoms with E-state index in [0.717, 1.165) is 5.56 Å². The van der Waals surface area contributed by atoms with Gasteiger partial charge in [-0.15, -0.1) is 13.2 Å². The number of thiophene rings is 1. The summed E-state index contributed by atoms with van der Waals surface area (Å²) >= 11 is 0. The molecule has 0 saturated heterocycles. The van der Waals surface area contributed by atoms with Crippen molar-refractivity contribution in [1.29, 1.82) is 0 Å². The van der Waals surface area contributed by atoms with Gasteiger partial charge < -0.3 is 4.55 Å². The average molecular weight is 422 g/mol. The maximum Gasteiger partial charge on any atom is 0.600 e. The Morgan fingerprint density at radius 1 is 0.962 bits per heavy atom. The monoisotopic (exact) mass is 422 g/mol. The third kappa shape index (κ3) is 5.34. The SMILES string of the molecule is Cc1cc2ccc(C(C)(C)C)cc2[s+]1C(F)(F)F.O=S(=O)([O-])C(F)(F)F. The van der Waals surface area contributed by atoms with Crippen molar-refractivity contribution in [3.05, 3.63) is 34.7 Å². The maximum absolute atomic E-state index is 13.1. The van der Waals surface area contributed by atoms with Crippen molar-refractivity contribution in [3.8, 4) is 0 Å². The first-order valence-corrected chi connectivity index (χ1v) is 9.65. The minimum atomic E-state index is -6.09. The number of benzene rings is 1. The van der Waals surface area contributed by atoms with E-state index in [1.54, 1.807) is 25.1 Å². The van der Waals surface area contributed by atoms with Crippen molar-refractivity contribution in [3.63, 3.8) is 0 Å². The summed E-state index contributed by atoms with van der Waals surface area (Å²) in [5.74, 6) is 0. The summed E-state index contributed by atoms with van der Waals surface area (Å²) in [5.41, 5.74) is -9.01. The lowest BCUT2D eigenvalue weighted by atomic mass is 9.87. The molecule has 11 heteroatoms. The molecule has 0 aliphatic rings. The molecule has 0 N–H and O–H groups in total. The quantitative estimate of drug-likeness (QED) is 0.236. The van der Waals surface area contributed by atoms with Crippen LogP contribution in [0.15, 0.2) is 24.3 Å². The molecule has 0 bridgehead atoms. The van der Waals surface area contributed by atoms with Crippen molar-refractivity contribution < 1.29 is 39.3 Å². The van der Waals surface area contributed by atoms with Crippen LogP contribution in [-0.2, 0) is 21.0 Å². The highest BCUT2D eigenvalue weighted by Crippen LogP contribution is 2.51. The maximum atomic E-state index is 13.1. The average Bonchev–Trinajstić information content (AvgIpc) is 2.70. The van der Waals surface area contributed by atoms with Gasteiger partial charge in [0.1, 0.15) is 0 Å². The molecule has 0 spiro atoms. The van der Waals surface area contributed by atoms with Gasteiger partial charge in [-0.1, -0.05) is 26.8 Å². The lowest BCUT2D eigenvalue weighted by Crippen LogP contribution is -2.21. The fraction of sp³-hybridized carbons (Fsp3) is 0.467. The Labute approximate surface area is 149 Å². The number of hydrogen-bond acceptors (Lipinski definition) is 3.